The first kappa shape index (κ1) is 14.9. The SMILES string of the molecule is CCOC(=O)c1n[nH]nc1-c1ccc2c(c1)Cc1ccc(Cl)cc1-2. The van der Waals surface area contributed by atoms with E-state index >= 15 is 0 Å². The van der Waals surface area contributed by atoms with Crippen LogP contribution in [0.5, 0.6) is 0 Å². The molecule has 1 aliphatic carbocycles. The zero-order valence-electron chi connectivity index (χ0n) is 13.0. The number of halogens is 1. The summed E-state index contributed by atoms with van der Waals surface area (Å²) in [6, 6.07) is 12.0. The maximum Gasteiger partial charge on any atom is 0.361 e. The van der Waals surface area contributed by atoms with E-state index in [1.807, 2.05) is 30.3 Å². The highest BCUT2D eigenvalue weighted by Crippen LogP contribution is 2.39. The molecule has 0 bridgehead atoms. The Labute approximate surface area is 143 Å². The molecule has 0 aliphatic heterocycles. The standard InChI is InChI=1S/C18H14ClN3O2/c1-2-24-18(23)17-16(20-22-21-17)11-4-6-14-12(8-11)7-10-3-5-13(19)9-15(10)14/h3-6,8-9H,2,7H2,1H3,(H,20,21,22). The van der Waals surface area contributed by atoms with Crippen LogP contribution in [0.1, 0.15) is 28.5 Å². The van der Waals surface area contributed by atoms with Crippen LogP contribution < -0.4 is 0 Å². The number of aromatic amines is 1. The van der Waals surface area contributed by atoms with E-state index in [0.29, 0.717) is 12.3 Å². The van der Waals surface area contributed by atoms with Gasteiger partial charge >= 0.3 is 5.97 Å². The summed E-state index contributed by atoms with van der Waals surface area (Å²) in [5.74, 6) is -0.475. The van der Waals surface area contributed by atoms with Gasteiger partial charge in [0, 0.05) is 10.6 Å². The molecule has 0 radical (unpaired) electrons. The van der Waals surface area contributed by atoms with Crippen molar-refractivity contribution in [3.63, 3.8) is 0 Å². The Balaban J connectivity index is 1.75. The number of H-pyrrole nitrogens is 1. The highest BCUT2D eigenvalue weighted by atomic mass is 35.5. The zero-order chi connectivity index (χ0) is 16.7. The highest BCUT2D eigenvalue weighted by molar-refractivity contribution is 6.31. The first-order valence-electron chi connectivity index (χ1n) is 7.67. The first-order valence-corrected chi connectivity index (χ1v) is 8.05. The summed E-state index contributed by atoms with van der Waals surface area (Å²) in [7, 11) is 0. The number of fused-ring (bicyclic) bond motifs is 3. The Hall–Kier alpha value is -2.66. The number of rotatable bonds is 3. The fourth-order valence-corrected chi connectivity index (χ4v) is 3.25. The van der Waals surface area contributed by atoms with Crippen LogP contribution in [0, 0.1) is 0 Å². The molecule has 0 atom stereocenters. The molecule has 0 fully saturated rings. The number of aromatic nitrogens is 3. The topological polar surface area (TPSA) is 67.9 Å². The van der Waals surface area contributed by atoms with Gasteiger partial charge < -0.3 is 4.74 Å². The molecule has 0 unspecified atom stereocenters. The van der Waals surface area contributed by atoms with Gasteiger partial charge in [0.25, 0.3) is 0 Å². The Morgan fingerprint density at radius 3 is 2.88 bits per heavy atom. The van der Waals surface area contributed by atoms with Crippen LogP contribution in [-0.2, 0) is 11.2 Å². The van der Waals surface area contributed by atoms with Gasteiger partial charge in [-0.25, -0.2) is 4.79 Å². The van der Waals surface area contributed by atoms with Crippen molar-refractivity contribution in [1.82, 2.24) is 15.4 Å². The lowest BCUT2D eigenvalue weighted by atomic mass is 10.0. The van der Waals surface area contributed by atoms with Crippen molar-refractivity contribution in [2.75, 3.05) is 6.61 Å². The number of nitrogens with zero attached hydrogens (tertiary/aromatic N) is 2. The van der Waals surface area contributed by atoms with E-state index in [2.05, 4.69) is 21.5 Å². The normalized spacial score (nSPS) is 11.9. The van der Waals surface area contributed by atoms with Gasteiger partial charge in [0.05, 0.1) is 6.61 Å². The van der Waals surface area contributed by atoms with Gasteiger partial charge in [-0.3, -0.25) is 0 Å². The monoisotopic (exact) mass is 339 g/mol. The van der Waals surface area contributed by atoms with Crippen molar-refractivity contribution < 1.29 is 9.53 Å². The van der Waals surface area contributed by atoms with Gasteiger partial charge in [-0.05, 0) is 53.8 Å². The number of hydrogen-bond acceptors (Lipinski definition) is 4. The highest BCUT2D eigenvalue weighted by Gasteiger charge is 2.23. The van der Waals surface area contributed by atoms with Crippen molar-refractivity contribution >= 4 is 17.6 Å². The number of hydrogen-bond donors (Lipinski definition) is 1. The van der Waals surface area contributed by atoms with Gasteiger partial charge in [0.2, 0.25) is 0 Å². The molecule has 3 aromatic rings. The Bertz CT molecular complexity index is 949. The van der Waals surface area contributed by atoms with E-state index < -0.39 is 5.97 Å². The van der Waals surface area contributed by atoms with Crippen molar-refractivity contribution in [2.24, 2.45) is 0 Å². The van der Waals surface area contributed by atoms with Crippen LogP contribution in [-0.4, -0.2) is 28.0 Å². The molecule has 24 heavy (non-hydrogen) atoms. The summed E-state index contributed by atoms with van der Waals surface area (Å²) >= 11 is 6.11. The van der Waals surface area contributed by atoms with Gasteiger partial charge in [0.1, 0.15) is 5.69 Å². The van der Waals surface area contributed by atoms with Crippen LogP contribution in [0.3, 0.4) is 0 Å². The van der Waals surface area contributed by atoms with Crippen LogP contribution in [0.25, 0.3) is 22.4 Å². The molecule has 0 amide bonds. The van der Waals surface area contributed by atoms with Crippen LogP contribution in [0.15, 0.2) is 36.4 Å². The van der Waals surface area contributed by atoms with E-state index in [-0.39, 0.29) is 5.69 Å². The lowest BCUT2D eigenvalue weighted by molar-refractivity contribution is 0.0520. The van der Waals surface area contributed by atoms with E-state index in [1.165, 1.54) is 11.1 Å². The average molecular weight is 340 g/mol. The predicted octanol–water partition coefficient (Wildman–Crippen LogP) is 3.87. The number of nitrogens with one attached hydrogen (secondary N) is 1. The summed E-state index contributed by atoms with van der Waals surface area (Å²) in [6.07, 6.45) is 0.836. The summed E-state index contributed by atoms with van der Waals surface area (Å²) in [5.41, 5.74) is 6.30. The van der Waals surface area contributed by atoms with Gasteiger partial charge in [-0.2, -0.15) is 10.3 Å². The molecule has 0 spiro atoms. The van der Waals surface area contributed by atoms with Gasteiger partial charge in [-0.15, -0.1) is 5.10 Å². The zero-order valence-corrected chi connectivity index (χ0v) is 13.7. The van der Waals surface area contributed by atoms with Crippen molar-refractivity contribution in [1.29, 1.82) is 0 Å². The van der Waals surface area contributed by atoms with Crippen LogP contribution in [0.4, 0.5) is 0 Å². The summed E-state index contributed by atoms with van der Waals surface area (Å²) < 4.78 is 5.03. The summed E-state index contributed by atoms with van der Waals surface area (Å²) in [4.78, 5) is 12.0. The largest absolute Gasteiger partial charge is 0.461 e. The third-order valence-corrected chi connectivity index (χ3v) is 4.37. The minimum Gasteiger partial charge on any atom is -0.461 e. The molecular formula is C18H14ClN3O2. The second-order valence-electron chi connectivity index (χ2n) is 5.59. The number of ether oxygens (including phenoxy) is 1. The molecule has 1 aromatic heterocycles. The molecule has 1 heterocycles. The first-order chi connectivity index (χ1) is 11.7. The van der Waals surface area contributed by atoms with E-state index in [4.69, 9.17) is 16.3 Å². The third kappa shape index (κ3) is 2.37. The number of esters is 1. The molecule has 6 heteroatoms. The third-order valence-electron chi connectivity index (χ3n) is 4.14. The summed E-state index contributed by atoms with van der Waals surface area (Å²) in [5, 5.41) is 11.3. The fraction of sp³-hybridized carbons (Fsp3) is 0.167. The molecule has 120 valence electrons. The second kappa shape index (κ2) is 5.76. The van der Waals surface area contributed by atoms with E-state index in [9.17, 15) is 4.79 Å². The van der Waals surface area contributed by atoms with Crippen LogP contribution in [0.2, 0.25) is 5.02 Å². The molecular weight excluding hydrogens is 326 g/mol. The minimum absolute atomic E-state index is 0.204. The maximum absolute atomic E-state index is 12.0. The molecule has 1 N–H and O–H groups in total. The Morgan fingerprint density at radius 2 is 2.04 bits per heavy atom. The average Bonchev–Trinajstić information content (AvgIpc) is 3.18. The van der Waals surface area contributed by atoms with Gasteiger partial charge in [-0.1, -0.05) is 29.8 Å². The second-order valence-corrected chi connectivity index (χ2v) is 6.03. The maximum atomic E-state index is 12.0. The predicted molar refractivity (Wildman–Crippen MR) is 91.0 cm³/mol. The molecule has 4 rings (SSSR count). The lowest BCUT2D eigenvalue weighted by Crippen LogP contribution is -2.06. The van der Waals surface area contributed by atoms with Gasteiger partial charge in [0.15, 0.2) is 5.69 Å². The minimum atomic E-state index is -0.475. The quantitative estimate of drug-likeness (QED) is 0.575. The molecule has 5 nitrogen and oxygen atoms in total. The molecule has 1 aliphatic rings. The molecule has 2 aromatic carbocycles. The van der Waals surface area contributed by atoms with Crippen molar-refractivity contribution in [2.45, 2.75) is 13.3 Å². The molecule has 0 saturated carbocycles. The number of carbonyl (C=O) groups excluding carboxylic acids is 1. The van der Waals surface area contributed by atoms with Crippen molar-refractivity contribution in [3.8, 4) is 22.4 Å². The fourth-order valence-electron chi connectivity index (χ4n) is 3.08. The smallest absolute Gasteiger partial charge is 0.361 e. The molecule has 0 saturated heterocycles. The Kier molecular flexibility index (Phi) is 3.58. The summed E-state index contributed by atoms with van der Waals surface area (Å²) in [6.45, 7) is 2.06. The van der Waals surface area contributed by atoms with E-state index in [1.54, 1.807) is 6.92 Å². The van der Waals surface area contributed by atoms with Crippen LogP contribution >= 0.6 is 11.6 Å². The van der Waals surface area contributed by atoms with E-state index in [0.717, 1.165) is 28.1 Å². The van der Waals surface area contributed by atoms with Crippen molar-refractivity contribution in [3.05, 3.63) is 58.2 Å². The number of benzene rings is 2. The Morgan fingerprint density at radius 1 is 1.17 bits per heavy atom. The lowest BCUT2D eigenvalue weighted by Gasteiger charge is -2.05. The number of carbonyl (C=O) groups is 1.